The van der Waals surface area contributed by atoms with Crippen molar-refractivity contribution < 1.29 is 14.3 Å². The summed E-state index contributed by atoms with van der Waals surface area (Å²) in [6, 6.07) is 6.30. The SMILES string of the molecule is C=CCc1cc(C)ccc1OCCCN1CCC(C(=O)OCC)CC1. The Kier molecular flexibility index (Phi) is 7.99. The summed E-state index contributed by atoms with van der Waals surface area (Å²) in [6.45, 7) is 11.9. The van der Waals surface area contributed by atoms with E-state index < -0.39 is 0 Å². The zero-order valence-corrected chi connectivity index (χ0v) is 15.6. The molecule has 4 heteroatoms. The van der Waals surface area contributed by atoms with Crippen LogP contribution in [-0.2, 0) is 16.0 Å². The summed E-state index contributed by atoms with van der Waals surface area (Å²) in [5.74, 6) is 1.02. The van der Waals surface area contributed by atoms with Gasteiger partial charge in [-0.3, -0.25) is 4.79 Å². The lowest BCUT2D eigenvalue weighted by molar-refractivity contribution is -0.149. The first-order valence-electron chi connectivity index (χ1n) is 9.36. The van der Waals surface area contributed by atoms with Crippen LogP contribution in [0.2, 0.25) is 0 Å². The van der Waals surface area contributed by atoms with E-state index in [0.29, 0.717) is 13.2 Å². The molecular weight excluding hydrogens is 314 g/mol. The molecule has 0 N–H and O–H groups in total. The molecule has 0 bridgehead atoms. The lowest BCUT2D eigenvalue weighted by Gasteiger charge is -2.30. The average Bonchev–Trinajstić information content (AvgIpc) is 2.61. The van der Waals surface area contributed by atoms with Crippen LogP contribution in [0.3, 0.4) is 0 Å². The molecule has 0 aliphatic carbocycles. The number of likely N-dealkylation sites (tertiary alicyclic amines) is 1. The second-order valence-corrected chi connectivity index (χ2v) is 6.67. The summed E-state index contributed by atoms with van der Waals surface area (Å²) in [4.78, 5) is 14.2. The molecule has 1 heterocycles. The fourth-order valence-electron chi connectivity index (χ4n) is 3.29. The van der Waals surface area contributed by atoms with Gasteiger partial charge in [-0.15, -0.1) is 6.58 Å². The maximum Gasteiger partial charge on any atom is 0.309 e. The highest BCUT2D eigenvalue weighted by molar-refractivity contribution is 5.72. The summed E-state index contributed by atoms with van der Waals surface area (Å²) in [6.07, 6.45) is 5.54. The number of hydrogen-bond acceptors (Lipinski definition) is 4. The monoisotopic (exact) mass is 345 g/mol. The Balaban J connectivity index is 1.69. The summed E-state index contributed by atoms with van der Waals surface area (Å²) in [5, 5.41) is 0. The van der Waals surface area contributed by atoms with Gasteiger partial charge in [-0.25, -0.2) is 0 Å². The molecule has 0 radical (unpaired) electrons. The largest absolute Gasteiger partial charge is 0.493 e. The third kappa shape index (κ3) is 6.20. The van der Waals surface area contributed by atoms with E-state index in [4.69, 9.17) is 9.47 Å². The molecule has 1 fully saturated rings. The summed E-state index contributed by atoms with van der Waals surface area (Å²) in [7, 11) is 0. The van der Waals surface area contributed by atoms with Gasteiger partial charge in [0.25, 0.3) is 0 Å². The Bertz CT molecular complexity index is 562. The molecule has 2 rings (SSSR count). The van der Waals surface area contributed by atoms with Crippen molar-refractivity contribution >= 4 is 5.97 Å². The number of piperidine rings is 1. The molecule has 4 nitrogen and oxygen atoms in total. The molecule has 1 aliphatic heterocycles. The number of carbonyl (C=O) groups is 1. The normalized spacial score (nSPS) is 15.8. The standard InChI is InChI=1S/C21H31NO3/c1-4-7-19-16-17(3)8-9-20(19)25-15-6-12-22-13-10-18(11-14-22)21(23)24-5-2/h4,8-9,16,18H,1,5-7,10-15H2,2-3H3. The molecule has 0 unspecified atom stereocenters. The van der Waals surface area contributed by atoms with Gasteiger partial charge in [-0.2, -0.15) is 0 Å². The molecule has 1 aromatic carbocycles. The van der Waals surface area contributed by atoms with Crippen LogP contribution in [0.1, 0.15) is 37.3 Å². The first-order valence-corrected chi connectivity index (χ1v) is 9.36. The molecule has 25 heavy (non-hydrogen) atoms. The lowest BCUT2D eigenvalue weighted by Crippen LogP contribution is -2.37. The van der Waals surface area contributed by atoms with Crippen LogP contribution in [-0.4, -0.2) is 43.7 Å². The van der Waals surface area contributed by atoms with E-state index in [1.54, 1.807) is 0 Å². The Hall–Kier alpha value is -1.81. The van der Waals surface area contributed by atoms with Crippen molar-refractivity contribution in [2.24, 2.45) is 5.92 Å². The van der Waals surface area contributed by atoms with Gasteiger partial charge in [0.15, 0.2) is 0 Å². The van der Waals surface area contributed by atoms with E-state index in [2.05, 4.69) is 36.6 Å². The molecule has 0 saturated carbocycles. The number of rotatable bonds is 9. The molecule has 138 valence electrons. The zero-order valence-electron chi connectivity index (χ0n) is 15.6. The number of benzene rings is 1. The van der Waals surface area contributed by atoms with Gasteiger partial charge < -0.3 is 14.4 Å². The second-order valence-electron chi connectivity index (χ2n) is 6.67. The van der Waals surface area contributed by atoms with E-state index in [1.165, 1.54) is 11.1 Å². The Morgan fingerprint density at radius 1 is 1.36 bits per heavy atom. The molecular formula is C21H31NO3. The average molecular weight is 345 g/mol. The minimum absolute atomic E-state index is 0.0281. The predicted octanol–water partition coefficient (Wildman–Crippen LogP) is 3.77. The van der Waals surface area contributed by atoms with Crippen molar-refractivity contribution in [3.8, 4) is 5.75 Å². The highest BCUT2D eigenvalue weighted by atomic mass is 16.5. The molecule has 1 aliphatic rings. The van der Waals surface area contributed by atoms with Gasteiger partial charge in [0.2, 0.25) is 0 Å². The van der Waals surface area contributed by atoms with Gasteiger partial charge >= 0.3 is 5.97 Å². The second kappa shape index (κ2) is 10.2. The van der Waals surface area contributed by atoms with E-state index in [0.717, 1.165) is 51.1 Å². The number of nitrogens with zero attached hydrogens (tertiary/aromatic N) is 1. The van der Waals surface area contributed by atoms with Crippen molar-refractivity contribution in [2.75, 3.05) is 32.8 Å². The van der Waals surface area contributed by atoms with Crippen molar-refractivity contribution in [2.45, 2.75) is 39.5 Å². The van der Waals surface area contributed by atoms with Crippen molar-refractivity contribution in [1.29, 1.82) is 0 Å². The number of carbonyl (C=O) groups excluding carboxylic acids is 1. The maximum absolute atomic E-state index is 11.8. The van der Waals surface area contributed by atoms with Crippen LogP contribution < -0.4 is 4.74 Å². The molecule has 1 aromatic rings. The van der Waals surface area contributed by atoms with Crippen LogP contribution >= 0.6 is 0 Å². The minimum atomic E-state index is -0.0281. The fraction of sp³-hybridized carbons (Fsp3) is 0.571. The van der Waals surface area contributed by atoms with E-state index in [-0.39, 0.29) is 11.9 Å². The highest BCUT2D eigenvalue weighted by Gasteiger charge is 2.25. The molecule has 0 atom stereocenters. The first kappa shape index (κ1) is 19.5. The summed E-state index contributed by atoms with van der Waals surface area (Å²) < 4.78 is 11.1. The topological polar surface area (TPSA) is 38.8 Å². The smallest absolute Gasteiger partial charge is 0.309 e. The van der Waals surface area contributed by atoms with Crippen LogP contribution in [0.25, 0.3) is 0 Å². The quantitative estimate of drug-likeness (QED) is 0.388. The van der Waals surface area contributed by atoms with Crippen molar-refractivity contribution in [1.82, 2.24) is 4.90 Å². The van der Waals surface area contributed by atoms with E-state index >= 15 is 0 Å². The Morgan fingerprint density at radius 3 is 2.80 bits per heavy atom. The van der Waals surface area contributed by atoms with Gasteiger partial charge in [0.1, 0.15) is 5.75 Å². The van der Waals surface area contributed by atoms with Crippen LogP contribution in [0.4, 0.5) is 0 Å². The number of hydrogen-bond donors (Lipinski definition) is 0. The van der Waals surface area contributed by atoms with E-state index in [9.17, 15) is 4.79 Å². The number of allylic oxidation sites excluding steroid dienone is 1. The molecule has 0 aromatic heterocycles. The summed E-state index contributed by atoms with van der Waals surface area (Å²) >= 11 is 0. The van der Waals surface area contributed by atoms with Crippen LogP contribution in [0.5, 0.6) is 5.75 Å². The lowest BCUT2D eigenvalue weighted by atomic mass is 9.97. The maximum atomic E-state index is 11.8. The van der Waals surface area contributed by atoms with E-state index in [1.807, 2.05) is 13.0 Å². The van der Waals surface area contributed by atoms with Crippen molar-refractivity contribution in [3.63, 3.8) is 0 Å². The van der Waals surface area contributed by atoms with Gasteiger partial charge in [0.05, 0.1) is 19.1 Å². The molecule has 0 spiro atoms. The molecule has 1 saturated heterocycles. The fourth-order valence-corrected chi connectivity index (χ4v) is 3.29. The zero-order chi connectivity index (χ0) is 18.1. The minimum Gasteiger partial charge on any atom is -0.493 e. The molecule has 0 amide bonds. The third-order valence-corrected chi connectivity index (χ3v) is 4.66. The highest BCUT2D eigenvalue weighted by Crippen LogP contribution is 2.22. The van der Waals surface area contributed by atoms with Gasteiger partial charge in [-0.05, 0) is 64.3 Å². The Labute approximate surface area is 151 Å². The third-order valence-electron chi connectivity index (χ3n) is 4.66. The van der Waals surface area contributed by atoms with Crippen molar-refractivity contribution in [3.05, 3.63) is 42.0 Å². The van der Waals surface area contributed by atoms with Crippen LogP contribution in [0, 0.1) is 12.8 Å². The number of ether oxygens (including phenoxy) is 2. The first-order chi connectivity index (χ1) is 12.1. The number of esters is 1. The van der Waals surface area contributed by atoms with Gasteiger partial charge in [0, 0.05) is 6.54 Å². The predicted molar refractivity (Wildman–Crippen MR) is 101 cm³/mol. The number of aryl methyl sites for hydroxylation is 1. The van der Waals surface area contributed by atoms with Crippen LogP contribution in [0.15, 0.2) is 30.9 Å². The van der Waals surface area contributed by atoms with Gasteiger partial charge in [-0.1, -0.05) is 23.8 Å². The Morgan fingerprint density at radius 2 is 2.12 bits per heavy atom. The summed E-state index contributed by atoms with van der Waals surface area (Å²) in [5.41, 5.74) is 2.44.